The van der Waals surface area contributed by atoms with Crippen molar-refractivity contribution in [3.05, 3.63) is 75.5 Å². The third-order valence-corrected chi connectivity index (χ3v) is 4.84. The molecule has 0 spiro atoms. The second kappa shape index (κ2) is 6.72. The molecule has 3 N–H and O–H groups in total. The molecule has 132 valence electrons. The van der Waals surface area contributed by atoms with Gasteiger partial charge in [0.15, 0.2) is 0 Å². The Morgan fingerprint density at radius 2 is 2.04 bits per heavy atom. The molecule has 6 heteroatoms. The monoisotopic (exact) mass is 347 g/mol. The highest BCUT2D eigenvalue weighted by molar-refractivity contribution is 5.58. The van der Waals surface area contributed by atoms with E-state index in [1.165, 1.54) is 5.56 Å². The lowest BCUT2D eigenvalue weighted by Crippen LogP contribution is -2.35. The molecule has 0 atom stereocenters. The first-order valence-electron chi connectivity index (χ1n) is 8.71. The highest BCUT2D eigenvalue weighted by Crippen LogP contribution is 2.21. The molecule has 1 aliphatic rings. The molecule has 3 heterocycles. The molecule has 1 aliphatic heterocycles. The molecule has 3 aromatic rings. The average molecular weight is 347 g/mol. The third-order valence-electron chi connectivity index (χ3n) is 4.84. The van der Waals surface area contributed by atoms with Crippen LogP contribution in [0.15, 0.2) is 47.4 Å². The number of H-pyrrole nitrogens is 1. The van der Waals surface area contributed by atoms with Gasteiger partial charge in [-0.1, -0.05) is 6.07 Å². The summed E-state index contributed by atoms with van der Waals surface area (Å²) in [5.74, 6) is 0.602. The van der Waals surface area contributed by atoms with Gasteiger partial charge < -0.3 is 10.7 Å². The minimum absolute atomic E-state index is 0.0607. The van der Waals surface area contributed by atoms with E-state index in [0.717, 1.165) is 42.0 Å². The molecule has 0 fully saturated rings. The number of hydrogen-bond donors (Lipinski definition) is 2. The number of rotatable bonds is 3. The molecule has 6 nitrogen and oxygen atoms in total. The smallest absolute Gasteiger partial charge is 0.255 e. The number of nitrogen functional groups attached to an aromatic ring is 1. The fourth-order valence-electron chi connectivity index (χ4n) is 3.32. The number of benzene rings is 1. The van der Waals surface area contributed by atoms with E-state index in [1.807, 2.05) is 37.3 Å². The Balaban J connectivity index is 1.59. The van der Waals surface area contributed by atoms with Crippen LogP contribution < -0.4 is 11.3 Å². The van der Waals surface area contributed by atoms with Crippen LogP contribution in [-0.4, -0.2) is 26.4 Å². The van der Waals surface area contributed by atoms with Crippen LogP contribution in [0.4, 0.5) is 5.69 Å². The molecule has 0 bridgehead atoms. The van der Waals surface area contributed by atoms with Gasteiger partial charge in [0.2, 0.25) is 0 Å². The first-order valence-corrected chi connectivity index (χ1v) is 8.71. The first-order chi connectivity index (χ1) is 12.6. The van der Waals surface area contributed by atoms with Crippen molar-refractivity contribution < 1.29 is 0 Å². The van der Waals surface area contributed by atoms with Crippen molar-refractivity contribution >= 4 is 5.69 Å². The zero-order valence-electron chi connectivity index (χ0n) is 14.7. The molecular formula is C20H21N5O. The summed E-state index contributed by atoms with van der Waals surface area (Å²) in [5.41, 5.74) is 11.1. The van der Waals surface area contributed by atoms with Gasteiger partial charge in [0, 0.05) is 49.2 Å². The fraction of sp³-hybridized carbons (Fsp3) is 0.250. The number of pyridine rings is 1. The normalized spacial score (nSPS) is 14.2. The number of anilines is 1. The Bertz CT molecular complexity index is 994. The molecule has 0 saturated heterocycles. The quantitative estimate of drug-likeness (QED) is 0.710. The van der Waals surface area contributed by atoms with E-state index in [2.05, 4.69) is 20.9 Å². The Labute approximate surface area is 151 Å². The number of nitrogens with zero attached hydrogens (tertiary/aromatic N) is 3. The van der Waals surface area contributed by atoms with Gasteiger partial charge in [0.1, 0.15) is 5.82 Å². The van der Waals surface area contributed by atoms with Gasteiger partial charge in [0.25, 0.3) is 5.56 Å². The number of aryl methyl sites for hydroxylation is 1. The van der Waals surface area contributed by atoms with Crippen LogP contribution in [0.1, 0.15) is 22.5 Å². The third kappa shape index (κ3) is 3.23. The lowest BCUT2D eigenvalue weighted by atomic mass is 10.0. The minimum Gasteiger partial charge on any atom is -0.399 e. The maximum absolute atomic E-state index is 12.6. The summed E-state index contributed by atoms with van der Waals surface area (Å²) in [7, 11) is 0. The van der Waals surface area contributed by atoms with Gasteiger partial charge in [-0.05, 0) is 42.8 Å². The highest BCUT2D eigenvalue weighted by atomic mass is 16.1. The molecule has 0 amide bonds. The number of aromatic amines is 1. The summed E-state index contributed by atoms with van der Waals surface area (Å²) in [6.45, 7) is 4.28. The van der Waals surface area contributed by atoms with Crippen LogP contribution in [0.25, 0.3) is 11.4 Å². The second-order valence-corrected chi connectivity index (χ2v) is 6.67. The lowest BCUT2D eigenvalue weighted by molar-refractivity contribution is 0.241. The van der Waals surface area contributed by atoms with Crippen LogP contribution in [0.3, 0.4) is 0 Å². The number of nitrogens with two attached hydrogens (primary N) is 1. The van der Waals surface area contributed by atoms with Crippen LogP contribution in [0, 0.1) is 6.92 Å². The van der Waals surface area contributed by atoms with Crippen molar-refractivity contribution in [2.45, 2.75) is 26.4 Å². The second-order valence-electron chi connectivity index (χ2n) is 6.67. The average Bonchev–Trinajstić information content (AvgIpc) is 2.64. The van der Waals surface area contributed by atoms with Crippen molar-refractivity contribution in [3.8, 4) is 11.4 Å². The maximum Gasteiger partial charge on any atom is 0.255 e. The van der Waals surface area contributed by atoms with Crippen molar-refractivity contribution in [3.63, 3.8) is 0 Å². The highest BCUT2D eigenvalue weighted by Gasteiger charge is 2.22. The fourth-order valence-corrected chi connectivity index (χ4v) is 3.32. The van der Waals surface area contributed by atoms with Gasteiger partial charge in [-0.25, -0.2) is 4.98 Å². The first kappa shape index (κ1) is 16.5. The zero-order chi connectivity index (χ0) is 18.1. The predicted octanol–water partition coefficient (Wildman–Crippen LogP) is 2.28. The van der Waals surface area contributed by atoms with Crippen LogP contribution in [0.2, 0.25) is 0 Å². The summed E-state index contributed by atoms with van der Waals surface area (Å²) in [4.78, 5) is 26.9. The standard InChI is InChI=1S/C20H21N5O/c1-13-15(3-2-9-22-13)11-25-10-8-18-17(12-25)20(26)24-19(23-18)14-4-6-16(21)7-5-14/h2-7,9H,8,10-12,21H2,1H3,(H,23,24,26). The Hall–Kier alpha value is -2.99. The zero-order valence-corrected chi connectivity index (χ0v) is 14.7. The molecule has 0 aliphatic carbocycles. The van der Waals surface area contributed by atoms with Crippen molar-refractivity contribution in [1.29, 1.82) is 0 Å². The largest absolute Gasteiger partial charge is 0.399 e. The maximum atomic E-state index is 12.6. The number of nitrogens with one attached hydrogen (secondary N) is 1. The van der Waals surface area contributed by atoms with Crippen LogP contribution in [-0.2, 0) is 19.5 Å². The van der Waals surface area contributed by atoms with Crippen LogP contribution in [0.5, 0.6) is 0 Å². The number of hydrogen-bond acceptors (Lipinski definition) is 5. The van der Waals surface area contributed by atoms with E-state index in [9.17, 15) is 4.79 Å². The van der Waals surface area contributed by atoms with Crippen molar-refractivity contribution in [2.24, 2.45) is 0 Å². The van der Waals surface area contributed by atoms with Gasteiger partial charge in [-0.15, -0.1) is 0 Å². The SMILES string of the molecule is Cc1ncccc1CN1CCc2nc(-c3ccc(N)cc3)[nH]c(=O)c2C1. The molecule has 0 saturated carbocycles. The molecule has 0 unspecified atom stereocenters. The molecular weight excluding hydrogens is 326 g/mol. The number of fused-ring (bicyclic) bond motifs is 1. The minimum atomic E-state index is -0.0607. The summed E-state index contributed by atoms with van der Waals surface area (Å²) < 4.78 is 0. The van der Waals surface area contributed by atoms with Crippen LogP contribution >= 0.6 is 0 Å². The number of aromatic nitrogens is 3. The van der Waals surface area contributed by atoms with Gasteiger partial charge in [0.05, 0.1) is 11.3 Å². The van der Waals surface area contributed by atoms with Crippen molar-refractivity contribution in [1.82, 2.24) is 19.9 Å². The molecule has 1 aromatic carbocycles. The topological polar surface area (TPSA) is 87.9 Å². The van der Waals surface area contributed by atoms with Gasteiger partial charge >= 0.3 is 0 Å². The van der Waals surface area contributed by atoms with E-state index in [1.54, 1.807) is 6.20 Å². The molecule has 4 rings (SSSR count). The summed E-state index contributed by atoms with van der Waals surface area (Å²) in [6, 6.07) is 11.4. The van der Waals surface area contributed by atoms with Gasteiger partial charge in [-0.2, -0.15) is 0 Å². The van der Waals surface area contributed by atoms with E-state index in [-0.39, 0.29) is 5.56 Å². The Morgan fingerprint density at radius 3 is 2.81 bits per heavy atom. The summed E-state index contributed by atoms with van der Waals surface area (Å²) in [6.07, 6.45) is 2.57. The predicted molar refractivity (Wildman–Crippen MR) is 101 cm³/mol. The molecule has 0 radical (unpaired) electrons. The van der Waals surface area contributed by atoms with E-state index in [4.69, 9.17) is 10.7 Å². The Morgan fingerprint density at radius 1 is 1.23 bits per heavy atom. The van der Waals surface area contributed by atoms with Crippen molar-refractivity contribution in [2.75, 3.05) is 12.3 Å². The lowest BCUT2D eigenvalue weighted by Gasteiger charge is -2.28. The Kier molecular flexibility index (Phi) is 4.26. The molecule has 2 aromatic heterocycles. The van der Waals surface area contributed by atoms with E-state index in [0.29, 0.717) is 18.1 Å². The molecule has 26 heavy (non-hydrogen) atoms. The van der Waals surface area contributed by atoms with Gasteiger partial charge in [-0.3, -0.25) is 14.7 Å². The van der Waals surface area contributed by atoms with E-state index >= 15 is 0 Å². The summed E-state index contributed by atoms with van der Waals surface area (Å²) >= 11 is 0. The van der Waals surface area contributed by atoms with E-state index < -0.39 is 0 Å². The summed E-state index contributed by atoms with van der Waals surface area (Å²) in [5, 5.41) is 0.